The van der Waals surface area contributed by atoms with Gasteiger partial charge in [-0.15, -0.1) is 0 Å². The summed E-state index contributed by atoms with van der Waals surface area (Å²) in [4.78, 5) is 0. The molecule has 0 saturated carbocycles. The van der Waals surface area contributed by atoms with Crippen LogP contribution in [0.4, 0.5) is 0 Å². The maximum Gasteiger partial charge on any atom is 0.181 e. The van der Waals surface area contributed by atoms with Crippen LogP contribution in [0.2, 0.25) is 0 Å². The molecule has 1 heterocycles. The predicted octanol–water partition coefficient (Wildman–Crippen LogP) is -1.16. The van der Waals surface area contributed by atoms with Crippen molar-refractivity contribution in [3.63, 3.8) is 0 Å². The van der Waals surface area contributed by atoms with Crippen molar-refractivity contribution in [1.29, 1.82) is 0 Å². The van der Waals surface area contributed by atoms with Crippen LogP contribution >= 0.6 is 0 Å². The first-order valence-electron chi connectivity index (χ1n) is 3.31. The standard InChI is InChI=1S/C6H12O4/c1-3(7)5-2-4(8)6(9)10-5/h3-9H,2H2,1H3/t3-,4-,5-,6?/m1/s1. The van der Waals surface area contributed by atoms with Gasteiger partial charge in [0, 0.05) is 6.42 Å². The molecule has 0 aromatic heterocycles. The van der Waals surface area contributed by atoms with Gasteiger partial charge in [-0.05, 0) is 6.92 Å². The summed E-state index contributed by atoms with van der Waals surface area (Å²) in [7, 11) is 0. The first kappa shape index (κ1) is 7.94. The van der Waals surface area contributed by atoms with E-state index in [-0.39, 0.29) is 0 Å². The molecule has 10 heavy (non-hydrogen) atoms. The molecule has 4 nitrogen and oxygen atoms in total. The largest absolute Gasteiger partial charge is 0.391 e. The quantitative estimate of drug-likeness (QED) is 0.438. The summed E-state index contributed by atoms with van der Waals surface area (Å²) >= 11 is 0. The summed E-state index contributed by atoms with van der Waals surface area (Å²) in [6, 6.07) is 0. The van der Waals surface area contributed by atoms with Crippen molar-refractivity contribution in [3.05, 3.63) is 0 Å². The van der Waals surface area contributed by atoms with Gasteiger partial charge in [0.05, 0.1) is 12.2 Å². The lowest BCUT2D eigenvalue weighted by atomic mass is 10.1. The third kappa shape index (κ3) is 1.46. The van der Waals surface area contributed by atoms with Crippen LogP contribution in [0.1, 0.15) is 13.3 Å². The van der Waals surface area contributed by atoms with Crippen LogP contribution < -0.4 is 0 Å². The number of rotatable bonds is 1. The molecule has 0 radical (unpaired) electrons. The average Bonchev–Trinajstić information content (AvgIpc) is 2.13. The highest BCUT2D eigenvalue weighted by atomic mass is 16.6. The van der Waals surface area contributed by atoms with Crippen LogP contribution in [-0.2, 0) is 4.74 Å². The number of aliphatic hydroxyl groups is 3. The van der Waals surface area contributed by atoms with Gasteiger partial charge in [0.2, 0.25) is 0 Å². The second kappa shape index (κ2) is 2.84. The highest BCUT2D eigenvalue weighted by Crippen LogP contribution is 2.20. The van der Waals surface area contributed by atoms with Crippen molar-refractivity contribution >= 4 is 0 Å². The zero-order valence-corrected chi connectivity index (χ0v) is 5.77. The molecule has 4 heteroatoms. The van der Waals surface area contributed by atoms with E-state index in [0.29, 0.717) is 6.42 Å². The Morgan fingerprint density at radius 3 is 2.30 bits per heavy atom. The van der Waals surface area contributed by atoms with Gasteiger partial charge in [-0.3, -0.25) is 0 Å². The monoisotopic (exact) mass is 148 g/mol. The Kier molecular flexibility index (Phi) is 2.25. The summed E-state index contributed by atoms with van der Waals surface area (Å²) in [5.41, 5.74) is 0. The molecule has 4 atom stereocenters. The van der Waals surface area contributed by atoms with Crippen molar-refractivity contribution in [1.82, 2.24) is 0 Å². The molecule has 0 aliphatic carbocycles. The van der Waals surface area contributed by atoms with Crippen LogP contribution in [0, 0.1) is 0 Å². The second-order valence-electron chi connectivity index (χ2n) is 2.61. The lowest BCUT2D eigenvalue weighted by Crippen LogP contribution is -2.22. The van der Waals surface area contributed by atoms with Gasteiger partial charge in [0.1, 0.15) is 6.10 Å². The van der Waals surface area contributed by atoms with Gasteiger partial charge in [-0.25, -0.2) is 0 Å². The molecule has 0 amide bonds. The second-order valence-corrected chi connectivity index (χ2v) is 2.61. The molecule has 1 aliphatic heterocycles. The molecule has 1 fully saturated rings. The Morgan fingerprint density at radius 2 is 2.10 bits per heavy atom. The molecule has 60 valence electrons. The van der Waals surface area contributed by atoms with Gasteiger partial charge in [0.25, 0.3) is 0 Å². The van der Waals surface area contributed by atoms with Gasteiger partial charge in [-0.1, -0.05) is 0 Å². The summed E-state index contributed by atoms with van der Waals surface area (Å²) < 4.78 is 4.79. The molecule has 1 unspecified atom stereocenters. The van der Waals surface area contributed by atoms with E-state index in [1.165, 1.54) is 0 Å². The van der Waals surface area contributed by atoms with E-state index in [1.54, 1.807) is 6.92 Å². The summed E-state index contributed by atoms with van der Waals surface area (Å²) in [5.74, 6) is 0. The van der Waals surface area contributed by atoms with E-state index in [0.717, 1.165) is 0 Å². The lowest BCUT2D eigenvalue weighted by Gasteiger charge is -2.11. The van der Waals surface area contributed by atoms with Crippen molar-refractivity contribution in [2.24, 2.45) is 0 Å². The third-order valence-electron chi connectivity index (χ3n) is 1.66. The predicted molar refractivity (Wildman–Crippen MR) is 33.2 cm³/mol. The minimum absolute atomic E-state index is 0.304. The lowest BCUT2D eigenvalue weighted by molar-refractivity contribution is -0.143. The van der Waals surface area contributed by atoms with E-state index in [2.05, 4.69) is 0 Å². The normalized spacial score (nSPS) is 43.8. The third-order valence-corrected chi connectivity index (χ3v) is 1.66. The number of hydrogen-bond donors (Lipinski definition) is 3. The Labute approximate surface area is 59.1 Å². The fourth-order valence-electron chi connectivity index (χ4n) is 0.990. The fourth-order valence-corrected chi connectivity index (χ4v) is 0.990. The summed E-state index contributed by atoms with van der Waals surface area (Å²) in [5, 5.41) is 26.7. The van der Waals surface area contributed by atoms with Crippen LogP contribution in [0.5, 0.6) is 0 Å². The highest BCUT2D eigenvalue weighted by molar-refractivity contribution is 4.78. The van der Waals surface area contributed by atoms with Crippen LogP contribution in [-0.4, -0.2) is 39.9 Å². The molecule has 0 spiro atoms. The first-order chi connectivity index (χ1) is 4.61. The first-order valence-corrected chi connectivity index (χ1v) is 3.31. The smallest absolute Gasteiger partial charge is 0.181 e. The molecule has 1 saturated heterocycles. The van der Waals surface area contributed by atoms with E-state index in [4.69, 9.17) is 20.1 Å². The van der Waals surface area contributed by atoms with Gasteiger partial charge < -0.3 is 20.1 Å². The number of hydrogen-bond acceptors (Lipinski definition) is 4. The zero-order chi connectivity index (χ0) is 7.72. The minimum Gasteiger partial charge on any atom is -0.391 e. The van der Waals surface area contributed by atoms with Gasteiger partial charge >= 0.3 is 0 Å². The topological polar surface area (TPSA) is 69.9 Å². The molecular formula is C6H12O4. The maximum absolute atomic E-state index is 8.94. The van der Waals surface area contributed by atoms with Crippen LogP contribution in [0.15, 0.2) is 0 Å². The summed E-state index contributed by atoms with van der Waals surface area (Å²) in [6.45, 7) is 1.56. The van der Waals surface area contributed by atoms with Crippen molar-refractivity contribution in [2.75, 3.05) is 0 Å². The molecular weight excluding hydrogens is 136 g/mol. The number of aliphatic hydroxyl groups excluding tert-OH is 3. The van der Waals surface area contributed by atoms with Crippen molar-refractivity contribution in [3.8, 4) is 0 Å². The highest BCUT2D eigenvalue weighted by Gasteiger charge is 2.34. The molecule has 0 aromatic rings. The van der Waals surface area contributed by atoms with Crippen molar-refractivity contribution < 1.29 is 20.1 Å². The van der Waals surface area contributed by atoms with Crippen LogP contribution in [0.25, 0.3) is 0 Å². The van der Waals surface area contributed by atoms with Crippen molar-refractivity contribution in [2.45, 2.75) is 37.9 Å². The Balaban J connectivity index is 2.41. The SMILES string of the molecule is C[C@@H](O)[C@H]1C[C@@H](O)C(O)O1. The molecule has 1 aliphatic rings. The average molecular weight is 148 g/mol. The van der Waals surface area contributed by atoms with Gasteiger partial charge in [-0.2, -0.15) is 0 Å². The Bertz CT molecular complexity index is 104. The molecule has 0 bridgehead atoms. The maximum atomic E-state index is 8.94. The van der Waals surface area contributed by atoms with E-state index < -0.39 is 24.6 Å². The Morgan fingerprint density at radius 1 is 1.50 bits per heavy atom. The fraction of sp³-hybridized carbons (Fsp3) is 1.00. The van der Waals surface area contributed by atoms with E-state index in [1.807, 2.05) is 0 Å². The molecule has 1 rings (SSSR count). The minimum atomic E-state index is -1.13. The van der Waals surface area contributed by atoms with E-state index in [9.17, 15) is 0 Å². The van der Waals surface area contributed by atoms with Crippen LogP contribution in [0.3, 0.4) is 0 Å². The molecule has 0 aromatic carbocycles. The summed E-state index contributed by atoms with van der Waals surface area (Å²) in [6.07, 6.45) is -2.73. The number of ether oxygens (including phenoxy) is 1. The van der Waals surface area contributed by atoms with E-state index >= 15 is 0 Å². The van der Waals surface area contributed by atoms with Gasteiger partial charge in [0.15, 0.2) is 6.29 Å². The molecule has 3 N–H and O–H groups in total. The zero-order valence-electron chi connectivity index (χ0n) is 5.77. The Hall–Kier alpha value is -0.160.